The Labute approximate surface area is 146 Å². The van der Waals surface area contributed by atoms with Crippen LogP contribution in [0.15, 0.2) is 59.8 Å². The lowest BCUT2D eigenvalue weighted by atomic mass is 10.1. The second kappa shape index (κ2) is 8.15. The minimum atomic E-state index is -0.115. The second-order valence-corrected chi connectivity index (χ2v) is 5.62. The Morgan fingerprint density at radius 1 is 1.20 bits per heavy atom. The minimum absolute atomic E-state index is 0.115. The molecule has 0 radical (unpaired) electrons. The van der Waals surface area contributed by atoms with E-state index < -0.39 is 0 Å². The number of hydrogen-bond acceptors (Lipinski definition) is 3. The highest BCUT2D eigenvalue weighted by atomic mass is 16.5. The molecule has 5 nitrogen and oxygen atoms in total. The van der Waals surface area contributed by atoms with Gasteiger partial charge in [0, 0.05) is 29.1 Å². The molecule has 1 amide bonds. The van der Waals surface area contributed by atoms with Crippen molar-refractivity contribution >= 4 is 23.0 Å². The Balaban J connectivity index is 1.55. The first-order chi connectivity index (χ1) is 12.3. The number of nitrogens with one attached hydrogen (secondary N) is 2. The van der Waals surface area contributed by atoms with Crippen molar-refractivity contribution in [2.24, 2.45) is 5.10 Å². The van der Waals surface area contributed by atoms with E-state index in [1.54, 1.807) is 6.21 Å². The summed E-state index contributed by atoms with van der Waals surface area (Å²) in [6.45, 7) is 2.52. The van der Waals surface area contributed by atoms with Crippen LogP contribution in [0.1, 0.15) is 24.5 Å². The molecule has 3 rings (SSSR count). The third kappa shape index (κ3) is 4.26. The van der Waals surface area contributed by atoms with Crippen LogP contribution >= 0.6 is 0 Å². The van der Waals surface area contributed by atoms with Crippen LogP contribution in [-0.2, 0) is 11.2 Å². The average molecular weight is 335 g/mol. The van der Waals surface area contributed by atoms with Crippen LogP contribution in [0.2, 0.25) is 0 Å². The summed E-state index contributed by atoms with van der Waals surface area (Å²) in [6, 6.07) is 15.7. The number of rotatable bonds is 7. The zero-order chi connectivity index (χ0) is 17.5. The number of hydrogen-bond donors (Lipinski definition) is 2. The monoisotopic (exact) mass is 335 g/mol. The largest absolute Gasteiger partial charge is 0.493 e. The molecule has 2 N–H and O–H groups in total. The highest BCUT2D eigenvalue weighted by molar-refractivity contribution is 5.86. The Hall–Kier alpha value is -3.08. The van der Waals surface area contributed by atoms with Gasteiger partial charge < -0.3 is 9.72 Å². The molecule has 0 spiro atoms. The lowest BCUT2D eigenvalue weighted by Crippen LogP contribution is -2.17. The number of nitrogens with zero attached hydrogens (tertiary/aromatic N) is 1. The van der Waals surface area contributed by atoms with E-state index in [0.717, 1.165) is 27.8 Å². The predicted octanol–water partition coefficient (Wildman–Crippen LogP) is 3.65. The van der Waals surface area contributed by atoms with Crippen molar-refractivity contribution in [3.63, 3.8) is 0 Å². The molecule has 3 aromatic rings. The first-order valence-electron chi connectivity index (χ1n) is 8.36. The van der Waals surface area contributed by atoms with Crippen molar-refractivity contribution in [2.45, 2.75) is 19.8 Å². The third-order valence-electron chi connectivity index (χ3n) is 3.91. The number of hydrazone groups is 1. The summed E-state index contributed by atoms with van der Waals surface area (Å²) in [7, 11) is 0. The SMILES string of the molecule is CCOc1ccccc1/C=N\NC(=O)CCc1c[nH]c2ccccc12. The van der Waals surface area contributed by atoms with Crippen LogP contribution in [-0.4, -0.2) is 23.7 Å². The van der Waals surface area contributed by atoms with Crippen LogP contribution < -0.4 is 10.2 Å². The lowest BCUT2D eigenvalue weighted by molar-refractivity contribution is -0.121. The van der Waals surface area contributed by atoms with Crippen LogP contribution in [0.25, 0.3) is 10.9 Å². The van der Waals surface area contributed by atoms with Crippen LogP contribution in [0.4, 0.5) is 0 Å². The molecular weight excluding hydrogens is 314 g/mol. The fourth-order valence-corrected chi connectivity index (χ4v) is 2.69. The molecule has 1 aromatic heterocycles. The van der Waals surface area contributed by atoms with E-state index in [0.29, 0.717) is 19.4 Å². The summed E-state index contributed by atoms with van der Waals surface area (Å²) in [5.74, 6) is 0.636. The highest BCUT2D eigenvalue weighted by Gasteiger charge is 2.06. The molecule has 0 fully saturated rings. The van der Waals surface area contributed by atoms with Crippen molar-refractivity contribution in [3.8, 4) is 5.75 Å². The molecule has 1 heterocycles. The Bertz CT molecular complexity index is 883. The van der Waals surface area contributed by atoms with Crippen molar-refractivity contribution in [1.82, 2.24) is 10.4 Å². The van der Waals surface area contributed by atoms with Crippen LogP contribution in [0, 0.1) is 0 Å². The number of amides is 1. The second-order valence-electron chi connectivity index (χ2n) is 5.62. The number of aryl methyl sites for hydroxylation is 1. The number of benzene rings is 2. The van der Waals surface area contributed by atoms with E-state index in [-0.39, 0.29) is 5.91 Å². The van der Waals surface area contributed by atoms with Gasteiger partial charge in [0.05, 0.1) is 12.8 Å². The summed E-state index contributed by atoms with van der Waals surface area (Å²) >= 11 is 0. The van der Waals surface area contributed by atoms with Gasteiger partial charge in [0.15, 0.2) is 0 Å². The van der Waals surface area contributed by atoms with Gasteiger partial charge in [-0.3, -0.25) is 4.79 Å². The number of ether oxygens (including phenoxy) is 1. The average Bonchev–Trinajstić information content (AvgIpc) is 3.05. The first-order valence-corrected chi connectivity index (χ1v) is 8.36. The molecule has 2 aromatic carbocycles. The van der Waals surface area contributed by atoms with Gasteiger partial charge in [-0.15, -0.1) is 0 Å². The summed E-state index contributed by atoms with van der Waals surface area (Å²) in [6.07, 6.45) is 4.61. The number of aromatic nitrogens is 1. The van der Waals surface area contributed by atoms with E-state index in [1.165, 1.54) is 0 Å². The molecule has 0 bridgehead atoms. The fraction of sp³-hybridized carbons (Fsp3) is 0.200. The van der Waals surface area contributed by atoms with E-state index in [1.807, 2.05) is 55.6 Å². The highest BCUT2D eigenvalue weighted by Crippen LogP contribution is 2.19. The fourth-order valence-electron chi connectivity index (χ4n) is 2.69. The molecule has 0 aliphatic rings. The summed E-state index contributed by atoms with van der Waals surface area (Å²) in [5, 5.41) is 5.19. The van der Waals surface area contributed by atoms with Crippen LogP contribution in [0.3, 0.4) is 0 Å². The Morgan fingerprint density at radius 3 is 2.88 bits per heavy atom. The summed E-state index contributed by atoms with van der Waals surface area (Å²) in [5.41, 5.74) is 5.63. The maximum atomic E-state index is 12.0. The number of carbonyl (C=O) groups is 1. The van der Waals surface area contributed by atoms with Gasteiger partial charge in [-0.2, -0.15) is 5.10 Å². The zero-order valence-electron chi connectivity index (χ0n) is 14.2. The number of aromatic amines is 1. The van der Waals surface area contributed by atoms with Gasteiger partial charge in [-0.05, 0) is 37.1 Å². The van der Waals surface area contributed by atoms with Gasteiger partial charge in [-0.25, -0.2) is 5.43 Å². The van der Waals surface area contributed by atoms with Crippen molar-refractivity contribution in [1.29, 1.82) is 0 Å². The Morgan fingerprint density at radius 2 is 2.00 bits per heavy atom. The smallest absolute Gasteiger partial charge is 0.240 e. The number of H-pyrrole nitrogens is 1. The zero-order valence-corrected chi connectivity index (χ0v) is 14.2. The molecule has 0 atom stereocenters. The van der Waals surface area contributed by atoms with E-state index in [2.05, 4.69) is 21.6 Å². The van der Waals surface area contributed by atoms with E-state index in [9.17, 15) is 4.79 Å². The quantitative estimate of drug-likeness (QED) is 0.511. The molecule has 25 heavy (non-hydrogen) atoms. The van der Waals surface area contributed by atoms with Crippen molar-refractivity contribution in [3.05, 3.63) is 65.9 Å². The Kier molecular flexibility index (Phi) is 5.46. The third-order valence-corrected chi connectivity index (χ3v) is 3.91. The predicted molar refractivity (Wildman–Crippen MR) is 100.0 cm³/mol. The first kappa shape index (κ1) is 16.8. The topological polar surface area (TPSA) is 66.5 Å². The minimum Gasteiger partial charge on any atom is -0.493 e. The molecular formula is C20H21N3O2. The molecule has 128 valence electrons. The van der Waals surface area contributed by atoms with E-state index >= 15 is 0 Å². The number of carbonyl (C=O) groups excluding carboxylic acids is 1. The van der Waals surface area contributed by atoms with Crippen molar-refractivity contribution < 1.29 is 9.53 Å². The molecule has 0 aliphatic carbocycles. The maximum absolute atomic E-state index is 12.0. The molecule has 0 aliphatic heterocycles. The summed E-state index contributed by atoms with van der Waals surface area (Å²) in [4.78, 5) is 15.2. The normalized spacial score (nSPS) is 11.1. The van der Waals surface area contributed by atoms with Gasteiger partial charge in [0.1, 0.15) is 5.75 Å². The van der Waals surface area contributed by atoms with Gasteiger partial charge in [0.25, 0.3) is 0 Å². The van der Waals surface area contributed by atoms with Gasteiger partial charge in [-0.1, -0.05) is 30.3 Å². The number of para-hydroxylation sites is 2. The molecule has 0 saturated heterocycles. The molecule has 5 heteroatoms. The lowest BCUT2D eigenvalue weighted by Gasteiger charge is -2.05. The maximum Gasteiger partial charge on any atom is 0.240 e. The van der Waals surface area contributed by atoms with Gasteiger partial charge >= 0.3 is 0 Å². The number of fused-ring (bicyclic) bond motifs is 1. The van der Waals surface area contributed by atoms with Crippen LogP contribution in [0.5, 0.6) is 5.75 Å². The summed E-state index contributed by atoms with van der Waals surface area (Å²) < 4.78 is 5.52. The standard InChI is InChI=1S/C20H21N3O2/c1-2-25-19-10-6-3-7-16(19)14-22-23-20(24)12-11-15-13-21-18-9-5-4-8-17(15)18/h3-10,13-14,21H,2,11-12H2,1H3,(H,23,24)/b22-14-. The molecule has 0 unspecified atom stereocenters. The van der Waals surface area contributed by atoms with E-state index in [4.69, 9.17) is 4.74 Å². The van der Waals surface area contributed by atoms with Gasteiger partial charge in [0.2, 0.25) is 5.91 Å². The van der Waals surface area contributed by atoms with Crippen molar-refractivity contribution in [2.75, 3.05) is 6.61 Å². The molecule has 0 saturated carbocycles.